The Labute approximate surface area is 167 Å². The quantitative estimate of drug-likeness (QED) is 0.448. The van der Waals surface area contributed by atoms with E-state index in [1.165, 1.54) is 5.06 Å². The highest BCUT2D eigenvalue weighted by molar-refractivity contribution is 6.06. The number of furan rings is 1. The van der Waals surface area contributed by atoms with E-state index in [0.29, 0.717) is 42.0 Å². The van der Waals surface area contributed by atoms with Gasteiger partial charge in [0.15, 0.2) is 5.65 Å². The molecule has 0 fully saturated rings. The Bertz CT molecular complexity index is 1110. The number of carbonyl (C=O) groups excluding carboxylic acids is 1. The number of aromatic nitrogens is 4. The van der Waals surface area contributed by atoms with E-state index < -0.39 is 0 Å². The molecule has 148 valence electrons. The van der Waals surface area contributed by atoms with Crippen molar-refractivity contribution in [1.82, 2.24) is 24.8 Å². The predicted molar refractivity (Wildman–Crippen MR) is 107 cm³/mol. The smallest absolute Gasteiger partial charge is 0.278 e. The molecule has 0 spiro atoms. The Morgan fingerprint density at radius 1 is 1.24 bits per heavy atom. The minimum absolute atomic E-state index is 0.232. The fraction of sp³-hybridized carbons (Fsp3) is 0.238. The Morgan fingerprint density at radius 3 is 2.83 bits per heavy atom. The average Bonchev–Trinajstić information content (AvgIpc) is 3.42. The van der Waals surface area contributed by atoms with Crippen LogP contribution in [0.5, 0.6) is 0 Å². The van der Waals surface area contributed by atoms with Crippen LogP contribution in [0, 0.1) is 0 Å². The van der Waals surface area contributed by atoms with Crippen LogP contribution in [0.4, 0.5) is 0 Å². The molecule has 0 atom stereocenters. The number of hydrogen-bond acceptors (Lipinski definition) is 6. The molecule has 29 heavy (non-hydrogen) atoms. The van der Waals surface area contributed by atoms with Gasteiger partial charge in [0.25, 0.3) is 5.91 Å². The second kappa shape index (κ2) is 8.24. The molecular weight excluding hydrogens is 370 g/mol. The second-order valence-corrected chi connectivity index (χ2v) is 6.33. The minimum atomic E-state index is -0.232. The van der Waals surface area contributed by atoms with Crippen LogP contribution in [-0.4, -0.2) is 43.9 Å². The predicted octanol–water partition coefficient (Wildman–Crippen LogP) is 3.55. The summed E-state index contributed by atoms with van der Waals surface area (Å²) in [5, 5.41) is 6.46. The van der Waals surface area contributed by atoms with Gasteiger partial charge >= 0.3 is 0 Å². The molecule has 4 heterocycles. The van der Waals surface area contributed by atoms with Crippen LogP contribution in [0.25, 0.3) is 22.3 Å². The van der Waals surface area contributed by atoms with Crippen LogP contribution in [0.2, 0.25) is 0 Å². The summed E-state index contributed by atoms with van der Waals surface area (Å²) in [6.45, 7) is 4.96. The van der Waals surface area contributed by atoms with Crippen molar-refractivity contribution >= 4 is 16.9 Å². The monoisotopic (exact) mass is 391 g/mol. The molecule has 4 aromatic heterocycles. The van der Waals surface area contributed by atoms with Gasteiger partial charge in [-0.2, -0.15) is 5.10 Å². The van der Waals surface area contributed by atoms with Crippen molar-refractivity contribution in [2.24, 2.45) is 0 Å². The molecule has 8 nitrogen and oxygen atoms in total. The fourth-order valence-electron chi connectivity index (χ4n) is 3.14. The molecule has 0 aliphatic heterocycles. The molecule has 0 aliphatic rings. The van der Waals surface area contributed by atoms with Crippen molar-refractivity contribution < 1.29 is 14.0 Å². The fourth-order valence-corrected chi connectivity index (χ4v) is 3.14. The zero-order chi connectivity index (χ0) is 20.2. The first-order valence-corrected chi connectivity index (χ1v) is 9.45. The van der Waals surface area contributed by atoms with Crippen LogP contribution in [-0.2, 0) is 11.4 Å². The van der Waals surface area contributed by atoms with Crippen LogP contribution < -0.4 is 0 Å². The lowest BCUT2D eigenvalue weighted by Crippen LogP contribution is -2.31. The Morgan fingerprint density at radius 2 is 2.14 bits per heavy atom. The average molecular weight is 391 g/mol. The van der Waals surface area contributed by atoms with E-state index in [-0.39, 0.29) is 5.91 Å². The summed E-state index contributed by atoms with van der Waals surface area (Å²) in [5.41, 5.74) is 2.53. The third kappa shape index (κ3) is 3.74. The van der Waals surface area contributed by atoms with E-state index in [1.54, 1.807) is 35.6 Å². The molecule has 0 aromatic carbocycles. The van der Waals surface area contributed by atoms with E-state index in [9.17, 15) is 4.79 Å². The molecule has 1 amide bonds. The Balaban J connectivity index is 1.87. The van der Waals surface area contributed by atoms with Crippen molar-refractivity contribution in [2.75, 3.05) is 13.2 Å². The number of pyridine rings is 2. The van der Waals surface area contributed by atoms with Gasteiger partial charge in [0.2, 0.25) is 0 Å². The number of hydrogen-bond donors (Lipinski definition) is 0. The number of rotatable bonds is 7. The summed E-state index contributed by atoms with van der Waals surface area (Å²) < 4.78 is 7.17. The molecule has 4 rings (SSSR count). The highest BCUT2D eigenvalue weighted by Gasteiger charge is 2.22. The molecule has 0 unspecified atom stereocenters. The lowest BCUT2D eigenvalue weighted by molar-refractivity contribution is -0.115. The third-order valence-electron chi connectivity index (χ3n) is 4.48. The maximum absolute atomic E-state index is 13.2. The maximum atomic E-state index is 13.2. The topological polar surface area (TPSA) is 86.3 Å². The molecule has 0 N–H and O–H groups in total. The lowest BCUT2D eigenvalue weighted by Gasteiger charge is -2.20. The summed E-state index contributed by atoms with van der Waals surface area (Å²) in [4.78, 5) is 27.6. The van der Waals surface area contributed by atoms with Crippen molar-refractivity contribution in [2.45, 2.75) is 20.4 Å². The maximum Gasteiger partial charge on any atom is 0.278 e. The first-order chi connectivity index (χ1) is 14.2. The zero-order valence-corrected chi connectivity index (χ0v) is 16.3. The largest absolute Gasteiger partial charge is 0.467 e. The molecule has 0 radical (unpaired) electrons. The normalized spacial score (nSPS) is 11.1. The Hall–Kier alpha value is -3.52. The van der Waals surface area contributed by atoms with Crippen LogP contribution in [0.15, 0.2) is 59.6 Å². The lowest BCUT2D eigenvalue weighted by atomic mass is 10.1. The van der Waals surface area contributed by atoms with Gasteiger partial charge in [0, 0.05) is 24.5 Å². The minimum Gasteiger partial charge on any atom is -0.467 e. The molecule has 4 aromatic rings. The SMILES string of the molecule is CCON(CC)C(=O)c1cc(-c2cccnc2)nc2c1cnn2Cc1ccco1. The van der Waals surface area contributed by atoms with Gasteiger partial charge in [-0.1, -0.05) is 0 Å². The van der Waals surface area contributed by atoms with Gasteiger partial charge < -0.3 is 4.42 Å². The van der Waals surface area contributed by atoms with E-state index in [4.69, 9.17) is 14.2 Å². The van der Waals surface area contributed by atoms with E-state index in [0.717, 1.165) is 11.3 Å². The van der Waals surface area contributed by atoms with Crippen LogP contribution in [0.3, 0.4) is 0 Å². The summed E-state index contributed by atoms with van der Waals surface area (Å²) >= 11 is 0. The molecule has 0 saturated carbocycles. The van der Waals surface area contributed by atoms with Crippen molar-refractivity contribution in [3.8, 4) is 11.3 Å². The molecular formula is C21H21N5O3. The van der Waals surface area contributed by atoms with Crippen molar-refractivity contribution in [3.63, 3.8) is 0 Å². The molecule has 0 bridgehead atoms. The molecule has 0 aliphatic carbocycles. The molecule has 8 heteroatoms. The van der Waals surface area contributed by atoms with Gasteiger partial charge in [-0.15, -0.1) is 0 Å². The van der Waals surface area contributed by atoms with E-state index in [1.807, 2.05) is 38.1 Å². The van der Waals surface area contributed by atoms with Gasteiger partial charge in [-0.05, 0) is 44.2 Å². The number of amides is 1. The number of carbonyl (C=O) groups is 1. The summed E-state index contributed by atoms with van der Waals surface area (Å²) in [7, 11) is 0. The Kier molecular flexibility index (Phi) is 5.35. The molecule has 0 saturated heterocycles. The van der Waals surface area contributed by atoms with Crippen LogP contribution in [0.1, 0.15) is 30.0 Å². The highest BCUT2D eigenvalue weighted by atomic mass is 16.7. The van der Waals surface area contributed by atoms with Gasteiger partial charge in [-0.3, -0.25) is 14.6 Å². The van der Waals surface area contributed by atoms with Crippen molar-refractivity contribution in [3.05, 3.63) is 66.5 Å². The van der Waals surface area contributed by atoms with Gasteiger partial charge in [-0.25, -0.2) is 14.7 Å². The van der Waals surface area contributed by atoms with Gasteiger partial charge in [0.05, 0.1) is 35.7 Å². The zero-order valence-electron chi connectivity index (χ0n) is 16.3. The number of nitrogens with zero attached hydrogens (tertiary/aromatic N) is 5. The summed E-state index contributed by atoms with van der Waals surface area (Å²) in [5.74, 6) is 0.519. The first kappa shape index (κ1) is 18.8. The van der Waals surface area contributed by atoms with Gasteiger partial charge in [0.1, 0.15) is 12.3 Å². The second-order valence-electron chi connectivity index (χ2n) is 6.33. The number of hydroxylamine groups is 2. The first-order valence-electron chi connectivity index (χ1n) is 9.45. The highest BCUT2D eigenvalue weighted by Crippen LogP contribution is 2.26. The van der Waals surface area contributed by atoms with E-state index >= 15 is 0 Å². The van der Waals surface area contributed by atoms with E-state index in [2.05, 4.69) is 10.1 Å². The summed E-state index contributed by atoms with van der Waals surface area (Å²) in [6, 6.07) is 9.20. The third-order valence-corrected chi connectivity index (χ3v) is 4.48. The standard InChI is InChI=1S/C21H21N5O3/c1-3-26(29-4-2)21(27)17-11-19(15-7-5-9-22-12-15)24-20-18(17)13-23-25(20)14-16-8-6-10-28-16/h5-13H,3-4,14H2,1-2H3. The number of fused-ring (bicyclic) bond motifs is 1. The van der Waals surface area contributed by atoms with Crippen molar-refractivity contribution in [1.29, 1.82) is 0 Å². The van der Waals surface area contributed by atoms with Crippen LogP contribution >= 0.6 is 0 Å². The summed E-state index contributed by atoms with van der Waals surface area (Å²) in [6.07, 6.45) is 6.69.